The van der Waals surface area contributed by atoms with Crippen LogP contribution in [0.3, 0.4) is 0 Å². The normalized spacial score (nSPS) is 10.1. The largest absolute Gasteiger partial charge is 0.278 e. The van der Waals surface area contributed by atoms with Crippen LogP contribution in [-0.4, -0.2) is 22.3 Å². The van der Waals surface area contributed by atoms with Crippen LogP contribution in [0.2, 0.25) is 0 Å². The molecule has 0 aliphatic heterocycles. The van der Waals surface area contributed by atoms with Crippen LogP contribution in [-0.2, 0) is 9.59 Å². The van der Waals surface area contributed by atoms with Crippen LogP contribution in [0.5, 0.6) is 0 Å². The first-order valence-corrected chi connectivity index (χ1v) is 3.58. The van der Waals surface area contributed by atoms with E-state index in [0.29, 0.717) is 0 Å². The second-order valence-electron chi connectivity index (χ2n) is 3.54. The first kappa shape index (κ1) is 14.0. The number of carbonyl (C=O) groups excluding carboxylic acids is 2. The highest BCUT2D eigenvalue weighted by molar-refractivity contribution is 5.93. The lowest BCUT2D eigenvalue weighted by Crippen LogP contribution is -2.47. The van der Waals surface area contributed by atoms with Gasteiger partial charge in [-0.3, -0.25) is 14.5 Å². The van der Waals surface area contributed by atoms with E-state index in [4.69, 9.17) is 0 Å². The minimum Gasteiger partial charge on any atom is -0.278 e. The van der Waals surface area contributed by atoms with Gasteiger partial charge in [-0.25, -0.2) is 0 Å². The zero-order valence-electron chi connectivity index (χ0n) is 8.17. The van der Waals surface area contributed by atoms with Gasteiger partial charge in [-0.05, 0) is 20.8 Å². The number of nitrogens with zero attached hydrogens (tertiary/aromatic N) is 1. The van der Waals surface area contributed by atoms with Gasteiger partial charge in [0.05, 0.1) is 0 Å². The van der Waals surface area contributed by atoms with Crippen molar-refractivity contribution >= 4 is 24.2 Å². The Bertz CT molecular complexity index is 170. The van der Waals surface area contributed by atoms with Crippen molar-refractivity contribution in [3.05, 3.63) is 0 Å². The van der Waals surface area contributed by atoms with Crippen LogP contribution < -0.4 is 0 Å². The highest BCUT2D eigenvalue weighted by atomic mass is 35.5. The highest BCUT2D eigenvalue weighted by Crippen LogP contribution is 2.12. The number of halogens is 1. The molecule has 3 nitrogen and oxygen atoms in total. The van der Waals surface area contributed by atoms with E-state index >= 15 is 0 Å². The molecule has 0 unspecified atom stereocenters. The van der Waals surface area contributed by atoms with Crippen molar-refractivity contribution in [3.63, 3.8) is 0 Å². The van der Waals surface area contributed by atoms with Gasteiger partial charge < -0.3 is 0 Å². The first-order valence-electron chi connectivity index (χ1n) is 3.58. The Morgan fingerprint density at radius 1 is 1.00 bits per heavy atom. The van der Waals surface area contributed by atoms with Gasteiger partial charge in [-0.1, -0.05) is 0 Å². The zero-order valence-corrected chi connectivity index (χ0v) is 8.99. The molecule has 72 valence electrons. The van der Waals surface area contributed by atoms with Crippen LogP contribution >= 0.6 is 12.4 Å². The van der Waals surface area contributed by atoms with Crippen molar-refractivity contribution < 1.29 is 9.59 Å². The summed E-state index contributed by atoms with van der Waals surface area (Å²) in [5, 5.41) is 0. The Balaban J connectivity index is 0. The van der Waals surface area contributed by atoms with Gasteiger partial charge in [0, 0.05) is 19.4 Å². The quantitative estimate of drug-likeness (QED) is 0.586. The molecular formula is C8H16ClNO2. The van der Waals surface area contributed by atoms with Crippen molar-refractivity contribution in [1.29, 1.82) is 0 Å². The SMILES string of the molecule is CC(=O)N(C(C)=O)C(C)(C)C.Cl. The molecule has 0 aromatic heterocycles. The lowest BCUT2D eigenvalue weighted by molar-refractivity contribution is -0.147. The lowest BCUT2D eigenvalue weighted by atomic mass is 10.1. The average Bonchev–Trinajstić information content (AvgIpc) is 1.54. The van der Waals surface area contributed by atoms with Crippen LogP contribution in [0.4, 0.5) is 0 Å². The Hall–Kier alpha value is -0.570. The number of amides is 2. The van der Waals surface area contributed by atoms with Crippen LogP contribution in [0, 0.1) is 0 Å². The lowest BCUT2D eigenvalue weighted by Gasteiger charge is -2.31. The third kappa shape index (κ3) is 3.72. The van der Waals surface area contributed by atoms with Crippen molar-refractivity contribution in [1.82, 2.24) is 4.90 Å². The van der Waals surface area contributed by atoms with Gasteiger partial charge >= 0.3 is 0 Å². The summed E-state index contributed by atoms with van der Waals surface area (Å²) in [7, 11) is 0. The maximum absolute atomic E-state index is 10.9. The Labute approximate surface area is 79.5 Å². The number of hydrogen-bond acceptors (Lipinski definition) is 2. The molecule has 0 aromatic rings. The Morgan fingerprint density at radius 2 is 1.25 bits per heavy atom. The second kappa shape index (κ2) is 4.45. The molecule has 0 aliphatic carbocycles. The fraction of sp³-hybridized carbons (Fsp3) is 0.750. The van der Waals surface area contributed by atoms with Gasteiger partial charge in [-0.15, -0.1) is 12.4 Å². The van der Waals surface area contributed by atoms with Gasteiger partial charge in [0.25, 0.3) is 0 Å². The molecule has 0 aromatic carbocycles. The topological polar surface area (TPSA) is 37.4 Å². The van der Waals surface area contributed by atoms with Crippen LogP contribution in [0.25, 0.3) is 0 Å². The number of carbonyl (C=O) groups is 2. The molecule has 0 N–H and O–H groups in total. The molecule has 0 fully saturated rings. The van der Waals surface area contributed by atoms with E-state index in [1.807, 2.05) is 20.8 Å². The van der Waals surface area contributed by atoms with E-state index < -0.39 is 5.54 Å². The minimum absolute atomic E-state index is 0. The molecule has 0 heterocycles. The molecule has 12 heavy (non-hydrogen) atoms. The van der Waals surface area contributed by atoms with Crippen molar-refractivity contribution in [2.75, 3.05) is 0 Å². The maximum atomic E-state index is 10.9. The third-order valence-corrected chi connectivity index (χ3v) is 1.30. The van der Waals surface area contributed by atoms with E-state index in [1.54, 1.807) is 0 Å². The summed E-state index contributed by atoms with van der Waals surface area (Å²) < 4.78 is 0. The summed E-state index contributed by atoms with van der Waals surface area (Å²) in [6, 6.07) is 0. The van der Waals surface area contributed by atoms with E-state index in [-0.39, 0.29) is 24.2 Å². The summed E-state index contributed by atoms with van der Waals surface area (Å²) in [5.41, 5.74) is -0.405. The predicted molar refractivity (Wildman–Crippen MR) is 50.2 cm³/mol. The molecule has 0 rings (SSSR count). The number of imide groups is 1. The number of rotatable bonds is 0. The average molecular weight is 194 g/mol. The summed E-state index contributed by atoms with van der Waals surface area (Å²) in [4.78, 5) is 23.1. The summed E-state index contributed by atoms with van der Waals surface area (Å²) in [6.45, 7) is 8.28. The standard InChI is InChI=1S/C8H15NO2.ClH/c1-6(10)9(7(2)11)8(3,4)5;/h1-5H3;1H. The van der Waals surface area contributed by atoms with Crippen LogP contribution in [0.1, 0.15) is 34.6 Å². The third-order valence-electron chi connectivity index (χ3n) is 1.30. The molecule has 4 heteroatoms. The van der Waals surface area contributed by atoms with Gasteiger partial charge in [0.1, 0.15) is 0 Å². The second-order valence-corrected chi connectivity index (χ2v) is 3.54. The fourth-order valence-electron chi connectivity index (χ4n) is 1.17. The van der Waals surface area contributed by atoms with E-state index in [1.165, 1.54) is 18.7 Å². The molecule has 0 bridgehead atoms. The Morgan fingerprint density at radius 3 is 1.25 bits per heavy atom. The molecule has 0 atom stereocenters. The van der Waals surface area contributed by atoms with Gasteiger partial charge in [-0.2, -0.15) is 0 Å². The number of hydrogen-bond donors (Lipinski definition) is 0. The molecule has 0 saturated heterocycles. The van der Waals surface area contributed by atoms with Gasteiger partial charge in [0.15, 0.2) is 0 Å². The monoisotopic (exact) mass is 193 g/mol. The van der Waals surface area contributed by atoms with Crippen molar-refractivity contribution in [2.24, 2.45) is 0 Å². The molecular weight excluding hydrogens is 178 g/mol. The summed E-state index contributed by atoms with van der Waals surface area (Å²) in [5.74, 6) is -0.407. The maximum Gasteiger partial charge on any atom is 0.226 e. The van der Waals surface area contributed by atoms with Crippen molar-refractivity contribution in [2.45, 2.75) is 40.2 Å². The first-order chi connectivity index (χ1) is 4.76. The fourth-order valence-corrected chi connectivity index (χ4v) is 1.17. The molecule has 0 spiro atoms. The minimum atomic E-state index is -0.405. The van der Waals surface area contributed by atoms with E-state index in [0.717, 1.165) is 0 Å². The summed E-state index contributed by atoms with van der Waals surface area (Å²) in [6.07, 6.45) is 0. The van der Waals surface area contributed by atoms with E-state index in [2.05, 4.69) is 0 Å². The van der Waals surface area contributed by atoms with Crippen LogP contribution in [0.15, 0.2) is 0 Å². The summed E-state index contributed by atoms with van der Waals surface area (Å²) >= 11 is 0. The molecule has 0 saturated carbocycles. The zero-order chi connectivity index (χ0) is 9.23. The Kier molecular flexibility index (Phi) is 5.19. The van der Waals surface area contributed by atoms with Gasteiger partial charge in [0.2, 0.25) is 11.8 Å². The molecule has 0 aliphatic rings. The van der Waals surface area contributed by atoms with Crippen molar-refractivity contribution in [3.8, 4) is 0 Å². The molecule has 2 amide bonds. The van der Waals surface area contributed by atoms with E-state index in [9.17, 15) is 9.59 Å². The molecule has 0 radical (unpaired) electrons. The smallest absolute Gasteiger partial charge is 0.226 e. The highest BCUT2D eigenvalue weighted by Gasteiger charge is 2.26. The predicted octanol–water partition coefficient (Wildman–Crippen LogP) is 1.60.